The summed E-state index contributed by atoms with van der Waals surface area (Å²) in [7, 11) is 0. The smallest absolute Gasteiger partial charge is 0.0307 e. The lowest BCUT2D eigenvalue weighted by Crippen LogP contribution is -1.77. The maximum Gasteiger partial charge on any atom is -0.0307 e. The minimum atomic E-state index is 0. The number of allylic oxidation sites excluding steroid dienone is 1. The van der Waals surface area contributed by atoms with Crippen LogP contribution in [0.15, 0.2) is 36.9 Å². The van der Waals surface area contributed by atoms with Crippen molar-refractivity contribution in [2.24, 2.45) is 0 Å². The molecule has 0 amide bonds. The molecule has 0 heterocycles. The van der Waals surface area contributed by atoms with E-state index in [2.05, 4.69) is 44.7 Å². The van der Waals surface area contributed by atoms with Crippen LogP contribution in [0.1, 0.15) is 46.2 Å². The first-order valence-corrected chi connectivity index (χ1v) is 5.37. The van der Waals surface area contributed by atoms with Crippen molar-refractivity contribution >= 4 is 0 Å². The van der Waals surface area contributed by atoms with Gasteiger partial charge in [0.2, 0.25) is 0 Å². The van der Waals surface area contributed by atoms with Gasteiger partial charge in [0.1, 0.15) is 0 Å². The Morgan fingerprint density at radius 2 is 1.47 bits per heavy atom. The summed E-state index contributed by atoms with van der Waals surface area (Å²) in [6, 6.07) is 8.66. The predicted octanol–water partition coefficient (Wildman–Crippen LogP) is 5.41. The SMILES string of the molecule is C.C=CC.CC.CCc1ccc(C)cc1. The van der Waals surface area contributed by atoms with E-state index in [1.807, 2.05) is 20.8 Å². The normalized spacial score (nSPS) is 7.00. The zero-order valence-corrected chi connectivity index (χ0v) is 10.3. The molecule has 0 nitrogen and oxygen atoms in total. The Bertz CT molecular complexity index is 206. The fourth-order valence-corrected chi connectivity index (χ4v) is 0.824. The Kier molecular flexibility index (Phi) is 20.1. The van der Waals surface area contributed by atoms with Crippen LogP contribution in [-0.4, -0.2) is 0 Å². The van der Waals surface area contributed by atoms with Crippen LogP contribution in [0.4, 0.5) is 0 Å². The third-order valence-electron chi connectivity index (χ3n) is 1.53. The summed E-state index contributed by atoms with van der Waals surface area (Å²) < 4.78 is 0. The second-order valence-electron chi connectivity index (χ2n) is 2.75. The van der Waals surface area contributed by atoms with Crippen molar-refractivity contribution < 1.29 is 0 Å². The molecule has 0 unspecified atom stereocenters. The van der Waals surface area contributed by atoms with Crippen LogP contribution in [0.2, 0.25) is 0 Å². The second kappa shape index (κ2) is 15.4. The highest BCUT2D eigenvalue weighted by Gasteiger charge is 1.84. The molecular formula is C15H28. The monoisotopic (exact) mass is 208 g/mol. The minimum Gasteiger partial charge on any atom is -0.103 e. The third-order valence-corrected chi connectivity index (χ3v) is 1.53. The topological polar surface area (TPSA) is 0 Å². The van der Waals surface area contributed by atoms with Gasteiger partial charge in [-0.3, -0.25) is 0 Å². The molecule has 0 fully saturated rings. The van der Waals surface area contributed by atoms with E-state index in [9.17, 15) is 0 Å². The lowest BCUT2D eigenvalue weighted by Gasteiger charge is -1.94. The molecule has 0 aliphatic rings. The summed E-state index contributed by atoms with van der Waals surface area (Å²) in [6.07, 6.45) is 2.89. The van der Waals surface area contributed by atoms with Crippen molar-refractivity contribution in [1.82, 2.24) is 0 Å². The standard InChI is InChI=1S/C9H12.C3H6.C2H6.CH4/c1-3-9-6-4-8(2)5-7-9;1-3-2;1-2;/h4-7H,3H2,1-2H3;3H,1H2,2H3;1-2H3;1H4. The molecule has 0 atom stereocenters. The summed E-state index contributed by atoms with van der Waals surface area (Å²) in [6.45, 7) is 13.5. The summed E-state index contributed by atoms with van der Waals surface area (Å²) in [5, 5.41) is 0. The highest BCUT2D eigenvalue weighted by molar-refractivity contribution is 5.20. The van der Waals surface area contributed by atoms with E-state index in [-0.39, 0.29) is 7.43 Å². The van der Waals surface area contributed by atoms with Gasteiger partial charge in [-0.05, 0) is 25.8 Å². The Balaban J connectivity index is -0.000000209. The van der Waals surface area contributed by atoms with Crippen LogP contribution < -0.4 is 0 Å². The van der Waals surface area contributed by atoms with Crippen molar-refractivity contribution in [3.8, 4) is 0 Å². The Labute approximate surface area is 97.0 Å². The average molecular weight is 208 g/mol. The van der Waals surface area contributed by atoms with E-state index >= 15 is 0 Å². The van der Waals surface area contributed by atoms with Crippen molar-refractivity contribution in [3.05, 3.63) is 48.0 Å². The molecular weight excluding hydrogens is 180 g/mol. The van der Waals surface area contributed by atoms with Crippen molar-refractivity contribution in [1.29, 1.82) is 0 Å². The Morgan fingerprint density at radius 1 is 1.13 bits per heavy atom. The van der Waals surface area contributed by atoms with Gasteiger partial charge in [0.25, 0.3) is 0 Å². The van der Waals surface area contributed by atoms with Gasteiger partial charge in [0, 0.05) is 0 Å². The van der Waals surface area contributed by atoms with E-state index in [0.717, 1.165) is 6.42 Å². The fraction of sp³-hybridized carbons (Fsp3) is 0.467. The van der Waals surface area contributed by atoms with Crippen LogP contribution in [0.3, 0.4) is 0 Å². The van der Waals surface area contributed by atoms with Crippen LogP contribution >= 0.6 is 0 Å². The average Bonchev–Trinajstić information content (AvgIpc) is 2.23. The first kappa shape index (κ1) is 19.5. The summed E-state index contributed by atoms with van der Waals surface area (Å²) in [5.74, 6) is 0. The Morgan fingerprint density at radius 3 is 1.73 bits per heavy atom. The molecule has 0 bridgehead atoms. The van der Waals surface area contributed by atoms with Crippen LogP contribution in [0.5, 0.6) is 0 Å². The molecule has 1 aromatic carbocycles. The molecule has 0 aliphatic carbocycles. The van der Waals surface area contributed by atoms with Gasteiger partial charge >= 0.3 is 0 Å². The number of rotatable bonds is 1. The lowest BCUT2D eigenvalue weighted by molar-refractivity contribution is 1.14. The largest absolute Gasteiger partial charge is 0.103 e. The van der Waals surface area contributed by atoms with Gasteiger partial charge in [0.05, 0.1) is 0 Å². The molecule has 0 spiro atoms. The maximum absolute atomic E-state index is 3.36. The second-order valence-corrected chi connectivity index (χ2v) is 2.75. The summed E-state index contributed by atoms with van der Waals surface area (Å²) in [5.41, 5.74) is 2.76. The molecule has 0 aromatic heterocycles. The van der Waals surface area contributed by atoms with Crippen LogP contribution in [0, 0.1) is 6.92 Å². The number of hydrogen-bond acceptors (Lipinski definition) is 0. The highest BCUT2D eigenvalue weighted by Crippen LogP contribution is 2.02. The van der Waals surface area contributed by atoms with Crippen molar-refractivity contribution in [2.45, 2.75) is 48.5 Å². The summed E-state index contributed by atoms with van der Waals surface area (Å²) >= 11 is 0. The molecule has 0 radical (unpaired) electrons. The van der Waals surface area contributed by atoms with E-state index in [0.29, 0.717) is 0 Å². The van der Waals surface area contributed by atoms with Crippen molar-refractivity contribution in [2.75, 3.05) is 0 Å². The number of aryl methyl sites for hydroxylation is 2. The number of hydrogen-bond donors (Lipinski definition) is 0. The van der Waals surface area contributed by atoms with Crippen LogP contribution in [-0.2, 0) is 6.42 Å². The van der Waals surface area contributed by atoms with Gasteiger partial charge in [-0.1, -0.05) is 64.1 Å². The van der Waals surface area contributed by atoms with Gasteiger partial charge in [-0.2, -0.15) is 0 Å². The van der Waals surface area contributed by atoms with E-state index in [1.54, 1.807) is 6.08 Å². The molecule has 1 rings (SSSR count). The third kappa shape index (κ3) is 13.0. The molecule has 0 saturated heterocycles. The van der Waals surface area contributed by atoms with Crippen LogP contribution in [0.25, 0.3) is 0 Å². The molecule has 0 saturated carbocycles. The van der Waals surface area contributed by atoms with Gasteiger partial charge < -0.3 is 0 Å². The van der Waals surface area contributed by atoms with Gasteiger partial charge in [0.15, 0.2) is 0 Å². The van der Waals surface area contributed by atoms with E-state index < -0.39 is 0 Å². The lowest BCUT2D eigenvalue weighted by atomic mass is 10.1. The Hall–Kier alpha value is -1.04. The summed E-state index contributed by atoms with van der Waals surface area (Å²) in [4.78, 5) is 0. The molecule has 0 heteroatoms. The molecule has 88 valence electrons. The highest BCUT2D eigenvalue weighted by atomic mass is 13.9. The zero-order valence-electron chi connectivity index (χ0n) is 10.3. The number of benzene rings is 1. The molecule has 1 aromatic rings. The first-order valence-electron chi connectivity index (χ1n) is 5.37. The first-order chi connectivity index (χ1) is 6.74. The minimum absolute atomic E-state index is 0. The maximum atomic E-state index is 3.36. The molecule has 0 aliphatic heterocycles. The molecule has 15 heavy (non-hydrogen) atoms. The zero-order chi connectivity index (χ0) is 11.4. The van der Waals surface area contributed by atoms with Crippen molar-refractivity contribution in [3.63, 3.8) is 0 Å². The quantitative estimate of drug-likeness (QED) is 0.541. The molecule has 0 N–H and O–H groups in total. The van der Waals surface area contributed by atoms with Gasteiger partial charge in [-0.25, -0.2) is 0 Å². The van der Waals surface area contributed by atoms with Gasteiger partial charge in [-0.15, -0.1) is 6.58 Å². The predicted molar refractivity (Wildman–Crippen MR) is 74.5 cm³/mol. The van der Waals surface area contributed by atoms with E-state index in [4.69, 9.17) is 0 Å². The van der Waals surface area contributed by atoms with E-state index in [1.165, 1.54) is 11.1 Å². The fourth-order valence-electron chi connectivity index (χ4n) is 0.824.